The summed E-state index contributed by atoms with van der Waals surface area (Å²) in [7, 11) is 1.61. The second-order valence-corrected chi connectivity index (χ2v) is 6.75. The molecule has 2 amide bonds. The Morgan fingerprint density at radius 1 is 1.21 bits per heavy atom. The highest BCUT2D eigenvalue weighted by Crippen LogP contribution is 2.22. The molecular weight excluding hydrogens is 306 g/mol. The molecule has 0 atom stereocenters. The Balaban J connectivity index is 2.00. The van der Waals surface area contributed by atoms with Crippen LogP contribution >= 0.6 is 0 Å². The Morgan fingerprint density at radius 2 is 1.75 bits per heavy atom. The number of ether oxygens (including phenoxy) is 1. The molecule has 0 bridgehead atoms. The summed E-state index contributed by atoms with van der Waals surface area (Å²) in [4.78, 5) is 26.3. The summed E-state index contributed by atoms with van der Waals surface area (Å²) < 4.78 is 5.26. The summed E-state index contributed by atoms with van der Waals surface area (Å²) in [5, 5.41) is 2.91. The second-order valence-electron chi connectivity index (χ2n) is 6.75. The normalized spacial score (nSPS) is 16.5. The molecule has 2 rings (SSSR count). The number of amides is 2. The SMILES string of the molecule is Cc1cc(C)c(NC(=O)CN(C)C(=O)C2(N)CCOCC2)c(C)c1. The number of benzene rings is 1. The van der Waals surface area contributed by atoms with E-state index in [-0.39, 0.29) is 18.4 Å². The van der Waals surface area contributed by atoms with E-state index in [9.17, 15) is 9.59 Å². The van der Waals surface area contributed by atoms with Crippen LogP contribution in [-0.2, 0) is 14.3 Å². The zero-order valence-corrected chi connectivity index (χ0v) is 14.9. The molecule has 1 aliphatic heterocycles. The summed E-state index contributed by atoms with van der Waals surface area (Å²) in [6.07, 6.45) is 0.960. The summed E-state index contributed by atoms with van der Waals surface area (Å²) in [6, 6.07) is 4.04. The second kappa shape index (κ2) is 7.32. The van der Waals surface area contributed by atoms with Crippen molar-refractivity contribution < 1.29 is 14.3 Å². The maximum absolute atomic E-state index is 12.6. The third-order valence-electron chi connectivity index (χ3n) is 4.48. The Kier molecular flexibility index (Phi) is 5.62. The standard InChI is InChI=1S/C18H27N3O3/c1-12-9-13(2)16(14(3)10-12)20-15(22)11-21(4)17(23)18(19)5-7-24-8-6-18/h9-10H,5-8,11,19H2,1-4H3,(H,20,22). The summed E-state index contributed by atoms with van der Waals surface area (Å²) in [5.41, 5.74) is 9.24. The van der Waals surface area contributed by atoms with E-state index in [0.717, 1.165) is 22.4 Å². The highest BCUT2D eigenvalue weighted by molar-refractivity contribution is 5.97. The van der Waals surface area contributed by atoms with E-state index in [1.165, 1.54) is 4.90 Å². The molecule has 6 heteroatoms. The van der Waals surface area contributed by atoms with Gasteiger partial charge in [-0.3, -0.25) is 9.59 Å². The van der Waals surface area contributed by atoms with Gasteiger partial charge in [0.15, 0.2) is 0 Å². The molecule has 6 nitrogen and oxygen atoms in total. The summed E-state index contributed by atoms with van der Waals surface area (Å²) >= 11 is 0. The number of anilines is 1. The number of likely N-dealkylation sites (N-methyl/N-ethyl adjacent to an activating group) is 1. The highest BCUT2D eigenvalue weighted by Gasteiger charge is 2.38. The highest BCUT2D eigenvalue weighted by atomic mass is 16.5. The molecule has 24 heavy (non-hydrogen) atoms. The minimum Gasteiger partial charge on any atom is -0.381 e. The van der Waals surface area contributed by atoms with Crippen molar-refractivity contribution >= 4 is 17.5 Å². The number of nitrogens with zero attached hydrogens (tertiary/aromatic N) is 1. The molecule has 3 N–H and O–H groups in total. The number of rotatable bonds is 4. The van der Waals surface area contributed by atoms with Crippen LogP contribution in [0.4, 0.5) is 5.69 Å². The zero-order valence-electron chi connectivity index (χ0n) is 14.9. The van der Waals surface area contributed by atoms with Crippen molar-refractivity contribution in [3.63, 3.8) is 0 Å². The first kappa shape index (κ1) is 18.4. The number of carbonyl (C=O) groups is 2. The van der Waals surface area contributed by atoms with E-state index in [1.54, 1.807) is 7.05 Å². The van der Waals surface area contributed by atoms with Gasteiger partial charge in [0, 0.05) is 25.9 Å². The average Bonchev–Trinajstić information content (AvgIpc) is 2.50. The van der Waals surface area contributed by atoms with Gasteiger partial charge in [0.25, 0.3) is 0 Å². The van der Waals surface area contributed by atoms with Crippen LogP contribution in [0.3, 0.4) is 0 Å². The molecule has 0 aromatic heterocycles. The number of nitrogens with one attached hydrogen (secondary N) is 1. The van der Waals surface area contributed by atoms with Crippen LogP contribution < -0.4 is 11.1 Å². The maximum atomic E-state index is 12.6. The van der Waals surface area contributed by atoms with Gasteiger partial charge in [-0.15, -0.1) is 0 Å². The monoisotopic (exact) mass is 333 g/mol. The van der Waals surface area contributed by atoms with Gasteiger partial charge in [-0.25, -0.2) is 0 Å². The number of carbonyl (C=O) groups excluding carboxylic acids is 2. The van der Waals surface area contributed by atoms with Crippen LogP contribution in [-0.4, -0.2) is 49.1 Å². The smallest absolute Gasteiger partial charge is 0.243 e. The third-order valence-corrected chi connectivity index (χ3v) is 4.48. The Morgan fingerprint density at radius 3 is 2.29 bits per heavy atom. The number of aryl methyl sites for hydroxylation is 3. The molecular formula is C18H27N3O3. The Labute approximate surface area is 143 Å². The Bertz CT molecular complexity index is 613. The summed E-state index contributed by atoms with van der Waals surface area (Å²) in [5.74, 6) is -0.435. The average molecular weight is 333 g/mol. The minimum atomic E-state index is -0.928. The predicted molar refractivity (Wildman–Crippen MR) is 93.9 cm³/mol. The largest absolute Gasteiger partial charge is 0.381 e. The number of nitrogens with two attached hydrogens (primary N) is 1. The maximum Gasteiger partial charge on any atom is 0.243 e. The van der Waals surface area contributed by atoms with Crippen molar-refractivity contribution in [1.29, 1.82) is 0 Å². The minimum absolute atomic E-state index is 0.0224. The van der Waals surface area contributed by atoms with Crippen LogP contribution in [0.5, 0.6) is 0 Å². The summed E-state index contributed by atoms with van der Waals surface area (Å²) in [6.45, 7) is 6.87. The van der Waals surface area contributed by atoms with Crippen molar-refractivity contribution in [3.8, 4) is 0 Å². The topological polar surface area (TPSA) is 84.7 Å². The molecule has 0 saturated carbocycles. The fourth-order valence-corrected chi connectivity index (χ4v) is 3.17. The fraction of sp³-hybridized carbons (Fsp3) is 0.556. The van der Waals surface area contributed by atoms with Gasteiger partial charge < -0.3 is 20.7 Å². The Hall–Kier alpha value is -1.92. The molecule has 1 fully saturated rings. The lowest BCUT2D eigenvalue weighted by Crippen LogP contribution is -2.58. The first-order chi connectivity index (χ1) is 11.2. The zero-order chi connectivity index (χ0) is 17.9. The predicted octanol–water partition coefficient (Wildman–Crippen LogP) is 1.52. The van der Waals surface area contributed by atoms with E-state index in [1.807, 2.05) is 32.9 Å². The van der Waals surface area contributed by atoms with Crippen LogP contribution in [0.25, 0.3) is 0 Å². The molecule has 1 aliphatic rings. The quantitative estimate of drug-likeness (QED) is 0.875. The molecule has 1 heterocycles. The van der Waals surface area contributed by atoms with Crippen molar-refractivity contribution in [2.75, 3.05) is 32.1 Å². The van der Waals surface area contributed by atoms with Crippen LogP contribution in [0.15, 0.2) is 12.1 Å². The lowest BCUT2D eigenvalue weighted by atomic mass is 9.90. The molecule has 0 unspecified atom stereocenters. The molecule has 1 aromatic rings. The molecule has 1 aromatic carbocycles. The van der Waals surface area contributed by atoms with Crippen LogP contribution in [0.2, 0.25) is 0 Å². The number of hydrogen-bond acceptors (Lipinski definition) is 4. The van der Waals surface area contributed by atoms with Crippen molar-refractivity contribution in [2.45, 2.75) is 39.2 Å². The van der Waals surface area contributed by atoms with Crippen LogP contribution in [0.1, 0.15) is 29.5 Å². The van der Waals surface area contributed by atoms with Gasteiger partial charge in [-0.1, -0.05) is 17.7 Å². The van der Waals surface area contributed by atoms with Gasteiger partial charge in [0.05, 0.1) is 12.1 Å². The molecule has 1 saturated heterocycles. The van der Waals surface area contributed by atoms with Gasteiger partial charge in [0.1, 0.15) is 0 Å². The van der Waals surface area contributed by atoms with Gasteiger partial charge in [0.2, 0.25) is 11.8 Å². The molecule has 0 aliphatic carbocycles. The van der Waals surface area contributed by atoms with Gasteiger partial charge in [-0.2, -0.15) is 0 Å². The van der Waals surface area contributed by atoms with Crippen molar-refractivity contribution in [2.24, 2.45) is 5.73 Å². The first-order valence-electron chi connectivity index (χ1n) is 8.23. The van der Waals surface area contributed by atoms with Gasteiger partial charge in [-0.05, 0) is 44.7 Å². The number of hydrogen-bond donors (Lipinski definition) is 2. The van der Waals surface area contributed by atoms with E-state index >= 15 is 0 Å². The van der Waals surface area contributed by atoms with Gasteiger partial charge >= 0.3 is 0 Å². The molecule has 0 spiro atoms. The third kappa shape index (κ3) is 4.13. The van der Waals surface area contributed by atoms with E-state index in [2.05, 4.69) is 5.32 Å². The lowest BCUT2D eigenvalue weighted by Gasteiger charge is -2.35. The van der Waals surface area contributed by atoms with Crippen LogP contribution in [0, 0.1) is 20.8 Å². The molecule has 0 radical (unpaired) electrons. The van der Waals surface area contributed by atoms with E-state index in [0.29, 0.717) is 26.1 Å². The van der Waals surface area contributed by atoms with E-state index < -0.39 is 5.54 Å². The molecule has 132 valence electrons. The van der Waals surface area contributed by atoms with E-state index in [4.69, 9.17) is 10.5 Å². The first-order valence-corrected chi connectivity index (χ1v) is 8.23. The van der Waals surface area contributed by atoms with Crippen molar-refractivity contribution in [1.82, 2.24) is 4.90 Å². The lowest BCUT2D eigenvalue weighted by molar-refractivity contribution is -0.141. The van der Waals surface area contributed by atoms with Crippen molar-refractivity contribution in [3.05, 3.63) is 28.8 Å². The fourth-order valence-electron chi connectivity index (χ4n) is 3.17.